The van der Waals surface area contributed by atoms with Gasteiger partial charge in [-0.15, -0.1) is 0 Å². The minimum absolute atomic E-state index is 0.0659. The molecular weight excluding hydrogens is 278 g/mol. The Morgan fingerprint density at radius 3 is 2.36 bits per heavy atom. The molecule has 3 unspecified atom stereocenters. The van der Waals surface area contributed by atoms with E-state index in [9.17, 15) is 14.7 Å². The van der Waals surface area contributed by atoms with Crippen LogP contribution in [-0.2, 0) is 16.0 Å². The van der Waals surface area contributed by atoms with Crippen molar-refractivity contribution in [2.45, 2.75) is 32.1 Å². The lowest BCUT2D eigenvalue weighted by atomic mass is 9.99. The van der Waals surface area contributed by atoms with Crippen LogP contribution in [0.25, 0.3) is 0 Å². The highest BCUT2D eigenvalue weighted by Crippen LogP contribution is 2.55. The van der Waals surface area contributed by atoms with Gasteiger partial charge in [-0.25, -0.2) is 0 Å². The largest absolute Gasteiger partial charge is 0.481 e. The fourth-order valence-corrected chi connectivity index (χ4v) is 3.87. The average molecular weight is 301 g/mol. The number of carbonyl (C=O) groups is 2. The Kier molecular flexibility index (Phi) is 4.46. The Morgan fingerprint density at radius 2 is 1.77 bits per heavy atom. The number of benzene rings is 1. The fourth-order valence-electron chi connectivity index (χ4n) is 3.87. The average Bonchev–Trinajstić information content (AvgIpc) is 3.26. The summed E-state index contributed by atoms with van der Waals surface area (Å²) in [5.74, 6) is -0.0771. The van der Waals surface area contributed by atoms with Crippen molar-refractivity contribution < 1.29 is 14.7 Å². The predicted molar refractivity (Wildman–Crippen MR) is 83.2 cm³/mol. The number of carboxylic acid groups (broad SMARTS) is 1. The topological polar surface area (TPSA) is 66.4 Å². The Labute approximate surface area is 130 Å². The third-order valence-corrected chi connectivity index (χ3v) is 5.16. The fraction of sp³-hybridized carbons (Fsp3) is 0.556. The lowest BCUT2D eigenvalue weighted by molar-refractivity contribution is -0.141. The Morgan fingerprint density at radius 1 is 1.14 bits per heavy atom. The molecule has 2 aliphatic rings. The third kappa shape index (κ3) is 3.32. The molecule has 0 spiro atoms. The van der Waals surface area contributed by atoms with E-state index in [-0.39, 0.29) is 18.4 Å². The van der Waals surface area contributed by atoms with Gasteiger partial charge in [0.15, 0.2) is 0 Å². The van der Waals surface area contributed by atoms with Gasteiger partial charge in [0, 0.05) is 12.5 Å². The van der Waals surface area contributed by atoms with E-state index < -0.39 is 11.9 Å². The number of fused-ring (bicyclic) bond motifs is 1. The molecule has 2 aliphatic carbocycles. The maximum absolute atomic E-state index is 12.2. The van der Waals surface area contributed by atoms with Gasteiger partial charge < -0.3 is 10.4 Å². The molecule has 1 aromatic rings. The monoisotopic (exact) mass is 301 g/mol. The highest BCUT2D eigenvalue weighted by atomic mass is 16.4. The van der Waals surface area contributed by atoms with E-state index in [2.05, 4.69) is 5.32 Å². The molecule has 118 valence electrons. The maximum Gasteiger partial charge on any atom is 0.308 e. The lowest BCUT2D eigenvalue weighted by Crippen LogP contribution is -2.35. The molecule has 0 saturated heterocycles. The number of aliphatic carboxylic acids is 1. The van der Waals surface area contributed by atoms with Crippen molar-refractivity contribution in [3.05, 3.63) is 35.9 Å². The van der Waals surface area contributed by atoms with Crippen LogP contribution in [0.3, 0.4) is 0 Å². The second kappa shape index (κ2) is 6.51. The van der Waals surface area contributed by atoms with E-state index in [1.54, 1.807) is 0 Å². The second-order valence-electron chi connectivity index (χ2n) is 6.61. The number of carboxylic acids is 1. The van der Waals surface area contributed by atoms with Crippen molar-refractivity contribution in [2.24, 2.45) is 23.7 Å². The first-order chi connectivity index (χ1) is 10.7. The summed E-state index contributed by atoms with van der Waals surface area (Å²) < 4.78 is 0. The molecule has 2 N–H and O–H groups in total. The molecule has 2 saturated carbocycles. The smallest absolute Gasteiger partial charge is 0.308 e. The van der Waals surface area contributed by atoms with E-state index >= 15 is 0 Å². The molecule has 0 bridgehead atoms. The van der Waals surface area contributed by atoms with Crippen molar-refractivity contribution in [1.29, 1.82) is 0 Å². The molecule has 3 atom stereocenters. The van der Waals surface area contributed by atoms with Crippen LogP contribution in [0.1, 0.15) is 31.2 Å². The summed E-state index contributed by atoms with van der Waals surface area (Å²) in [4.78, 5) is 23.6. The first-order valence-corrected chi connectivity index (χ1v) is 8.21. The first-order valence-electron chi connectivity index (χ1n) is 8.21. The second-order valence-corrected chi connectivity index (χ2v) is 6.61. The van der Waals surface area contributed by atoms with E-state index in [0.717, 1.165) is 18.4 Å². The number of carbonyl (C=O) groups excluding carboxylic acids is 1. The summed E-state index contributed by atoms with van der Waals surface area (Å²) in [7, 11) is 0. The minimum atomic E-state index is -0.850. The van der Waals surface area contributed by atoms with Gasteiger partial charge in [-0.2, -0.15) is 0 Å². The SMILES string of the molecule is O=C(O)C(CNC(=O)C1C2CCCCC21)Cc1ccccc1. The van der Waals surface area contributed by atoms with Crippen LogP contribution in [0.15, 0.2) is 30.3 Å². The number of hydrogen-bond donors (Lipinski definition) is 2. The van der Waals surface area contributed by atoms with Crippen LogP contribution in [0.5, 0.6) is 0 Å². The molecule has 0 radical (unpaired) electrons. The van der Waals surface area contributed by atoms with Crippen molar-refractivity contribution >= 4 is 11.9 Å². The highest BCUT2D eigenvalue weighted by Gasteiger charge is 2.54. The summed E-state index contributed by atoms with van der Waals surface area (Å²) in [5, 5.41) is 12.2. The minimum Gasteiger partial charge on any atom is -0.481 e. The highest BCUT2D eigenvalue weighted by molar-refractivity contribution is 5.83. The molecule has 3 rings (SSSR count). The summed E-state index contributed by atoms with van der Waals surface area (Å²) >= 11 is 0. The van der Waals surface area contributed by atoms with Crippen LogP contribution in [0, 0.1) is 23.7 Å². The van der Waals surface area contributed by atoms with Crippen molar-refractivity contribution in [3.8, 4) is 0 Å². The van der Waals surface area contributed by atoms with Gasteiger partial charge in [0.2, 0.25) is 5.91 Å². The molecular formula is C18H23NO3. The summed E-state index contributed by atoms with van der Waals surface area (Å²) in [6, 6.07) is 9.57. The van der Waals surface area contributed by atoms with Gasteiger partial charge in [-0.3, -0.25) is 9.59 Å². The number of hydrogen-bond acceptors (Lipinski definition) is 2. The molecule has 22 heavy (non-hydrogen) atoms. The Bertz CT molecular complexity index is 531. The quantitative estimate of drug-likeness (QED) is 0.848. The molecule has 1 amide bonds. The number of amides is 1. The van der Waals surface area contributed by atoms with Crippen LogP contribution in [0.4, 0.5) is 0 Å². The number of nitrogens with one attached hydrogen (secondary N) is 1. The molecule has 0 aromatic heterocycles. The third-order valence-electron chi connectivity index (χ3n) is 5.16. The lowest BCUT2D eigenvalue weighted by Gasteiger charge is -2.13. The van der Waals surface area contributed by atoms with Crippen LogP contribution in [0.2, 0.25) is 0 Å². The zero-order chi connectivity index (χ0) is 15.5. The molecule has 4 heteroatoms. The molecule has 1 aromatic carbocycles. The van der Waals surface area contributed by atoms with Crippen molar-refractivity contribution in [2.75, 3.05) is 6.54 Å². The maximum atomic E-state index is 12.2. The number of rotatable bonds is 6. The normalized spacial score (nSPS) is 27.5. The van der Waals surface area contributed by atoms with Gasteiger partial charge in [0.05, 0.1) is 5.92 Å². The van der Waals surface area contributed by atoms with E-state index in [1.165, 1.54) is 12.8 Å². The zero-order valence-corrected chi connectivity index (χ0v) is 12.7. The van der Waals surface area contributed by atoms with Crippen molar-refractivity contribution in [3.63, 3.8) is 0 Å². The van der Waals surface area contributed by atoms with Gasteiger partial charge in [-0.1, -0.05) is 43.2 Å². The van der Waals surface area contributed by atoms with E-state index in [0.29, 0.717) is 18.3 Å². The van der Waals surface area contributed by atoms with Gasteiger partial charge in [0.1, 0.15) is 0 Å². The van der Waals surface area contributed by atoms with E-state index in [4.69, 9.17) is 0 Å². The first kappa shape index (κ1) is 15.1. The Balaban J connectivity index is 1.51. The van der Waals surface area contributed by atoms with Gasteiger partial charge in [0.25, 0.3) is 0 Å². The summed E-state index contributed by atoms with van der Waals surface area (Å²) in [6.07, 6.45) is 5.24. The molecule has 2 fully saturated rings. The molecule has 4 nitrogen and oxygen atoms in total. The van der Waals surface area contributed by atoms with Gasteiger partial charge in [-0.05, 0) is 36.7 Å². The van der Waals surface area contributed by atoms with Gasteiger partial charge >= 0.3 is 5.97 Å². The molecule has 0 heterocycles. The molecule has 0 aliphatic heterocycles. The summed E-state index contributed by atoms with van der Waals surface area (Å²) in [5.41, 5.74) is 0.990. The van der Waals surface area contributed by atoms with Crippen LogP contribution < -0.4 is 5.32 Å². The standard InChI is InChI=1S/C18H23NO3/c20-17(16-14-8-4-5-9-15(14)16)19-11-13(18(21)22)10-12-6-2-1-3-7-12/h1-3,6-7,13-16H,4-5,8-11H2,(H,19,20)(H,21,22). The summed E-state index contributed by atoms with van der Waals surface area (Å²) in [6.45, 7) is 0.221. The van der Waals surface area contributed by atoms with Crippen LogP contribution >= 0.6 is 0 Å². The zero-order valence-electron chi connectivity index (χ0n) is 12.7. The van der Waals surface area contributed by atoms with E-state index in [1.807, 2.05) is 30.3 Å². The Hall–Kier alpha value is -1.84. The van der Waals surface area contributed by atoms with Crippen LogP contribution in [-0.4, -0.2) is 23.5 Å². The van der Waals surface area contributed by atoms with Crippen molar-refractivity contribution in [1.82, 2.24) is 5.32 Å². The predicted octanol–water partition coefficient (Wildman–Crippen LogP) is 2.48.